The minimum atomic E-state index is -4.80. The normalized spacial score (nSPS) is 17.7. The van der Waals surface area contributed by atoms with Gasteiger partial charge in [-0.2, -0.15) is 5.10 Å². The quantitative estimate of drug-likeness (QED) is 0.338. The maximum absolute atomic E-state index is 10.8. The van der Waals surface area contributed by atoms with Crippen LogP contribution in [0.5, 0.6) is 0 Å². The van der Waals surface area contributed by atoms with Gasteiger partial charge in [0, 0.05) is 25.9 Å². The monoisotopic (exact) mass is 402 g/mol. The average Bonchev–Trinajstić information content (AvgIpc) is 2.98. The predicted molar refractivity (Wildman–Crippen MR) is 92.7 cm³/mol. The highest BCUT2D eigenvalue weighted by atomic mass is 31.2. The zero-order valence-corrected chi connectivity index (χ0v) is 15.3. The predicted octanol–water partition coefficient (Wildman–Crippen LogP) is -1.52. The van der Waals surface area contributed by atoms with Crippen molar-refractivity contribution in [1.29, 1.82) is 0 Å². The van der Waals surface area contributed by atoms with Gasteiger partial charge < -0.3 is 35.0 Å². The van der Waals surface area contributed by atoms with E-state index in [0.29, 0.717) is 22.4 Å². The number of aliphatic hydroxyl groups is 2. The summed E-state index contributed by atoms with van der Waals surface area (Å²) >= 11 is 0. The Labute approximate surface area is 152 Å². The number of amidine groups is 1. The molecule has 2 aromatic heterocycles. The lowest BCUT2D eigenvalue weighted by Gasteiger charge is -2.27. The van der Waals surface area contributed by atoms with Crippen LogP contribution in [0.2, 0.25) is 0 Å². The van der Waals surface area contributed by atoms with Crippen LogP contribution in [0.25, 0.3) is 11.0 Å². The molecule has 27 heavy (non-hydrogen) atoms. The van der Waals surface area contributed by atoms with Gasteiger partial charge in [-0.25, -0.2) is 19.5 Å². The smallest absolute Gasteiger partial charge is 0.388 e. The number of hydrogen-bond acceptors (Lipinski definition) is 10. The molecule has 0 spiro atoms. The Morgan fingerprint density at radius 3 is 2.67 bits per heavy atom. The Morgan fingerprint density at radius 1 is 1.33 bits per heavy atom. The first-order chi connectivity index (χ1) is 12.6. The second-order valence-corrected chi connectivity index (χ2v) is 7.06. The summed E-state index contributed by atoms with van der Waals surface area (Å²) < 4.78 is 21.7. The fraction of sp³-hybridized carbons (Fsp3) is 0.462. The van der Waals surface area contributed by atoms with E-state index in [1.165, 1.54) is 23.0 Å². The van der Waals surface area contributed by atoms with Gasteiger partial charge in [-0.1, -0.05) is 0 Å². The van der Waals surface area contributed by atoms with Gasteiger partial charge in [-0.15, -0.1) is 0 Å². The van der Waals surface area contributed by atoms with Crippen LogP contribution in [0, 0.1) is 0 Å². The highest BCUT2D eigenvalue weighted by molar-refractivity contribution is 7.46. The summed E-state index contributed by atoms with van der Waals surface area (Å²) in [6, 6.07) is 0. The number of methoxy groups -OCH3 is 1. The number of nitrogens with two attached hydrogens (primary N) is 1. The minimum absolute atomic E-state index is 0.207. The number of phosphoric ester groups is 1. The molecule has 1 unspecified atom stereocenters. The zero-order chi connectivity index (χ0) is 19.9. The summed E-state index contributed by atoms with van der Waals surface area (Å²) in [5, 5.41) is 26.7. The van der Waals surface area contributed by atoms with Gasteiger partial charge in [0.1, 0.15) is 24.2 Å². The van der Waals surface area contributed by atoms with Gasteiger partial charge >= 0.3 is 7.82 Å². The Morgan fingerprint density at radius 2 is 2.04 bits per heavy atom. The first kappa shape index (κ1) is 19.6. The molecule has 0 saturated carbocycles. The Kier molecular flexibility index (Phi) is 5.18. The second kappa shape index (κ2) is 7.13. The lowest BCUT2D eigenvalue weighted by atomic mass is 10.2. The number of hydrazone groups is 1. The largest absolute Gasteiger partial charge is 0.469 e. The molecule has 0 aromatic carbocycles. The van der Waals surface area contributed by atoms with Gasteiger partial charge in [-0.05, 0) is 0 Å². The van der Waals surface area contributed by atoms with Crippen LogP contribution in [-0.2, 0) is 13.8 Å². The molecule has 2 aromatic rings. The molecule has 0 saturated heterocycles. The van der Waals surface area contributed by atoms with E-state index >= 15 is 0 Å². The number of nitrogens with zero attached hydrogens (tertiary/aromatic N) is 5. The van der Waals surface area contributed by atoms with Gasteiger partial charge in [0.25, 0.3) is 0 Å². The summed E-state index contributed by atoms with van der Waals surface area (Å²) in [7, 11) is -1.84. The second-order valence-electron chi connectivity index (χ2n) is 5.83. The fourth-order valence-corrected chi connectivity index (χ4v) is 3.19. The zero-order valence-electron chi connectivity index (χ0n) is 14.4. The van der Waals surface area contributed by atoms with E-state index in [9.17, 15) is 14.8 Å². The number of phosphoric acid groups is 1. The Hall–Kier alpha value is -2.12. The third kappa shape index (κ3) is 3.66. The van der Waals surface area contributed by atoms with E-state index in [2.05, 4.69) is 19.6 Å². The number of rotatable bonds is 7. The Balaban J connectivity index is 1.98. The van der Waals surface area contributed by atoms with E-state index in [4.69, 9.17) is 20.3 Å². The highest BCUT2D eigenvalue weighted by Crippen LogP contribution is 2.37. The van der Waals surface area contributed by atoms with Crippen molar-refractivity contribution in [2.75, 3.05) is 25.8 Å². The molecular weight excluding hydrogens is 383 g/mol. The molecule has 3 heterocycles. The van der Waals surface area contributed by atoms with Crippen molar-refractivity contribution in [3.05, 3.63) is 18.1 Å². The van der Waals surface area contributed by atoms with E-state index in [0.717, 1.165) is 0 Å². The van der Waals surface area contributed by atoms with E-state index < -0.39 is 32.9 Å². The molecule has 0 amide bonds. The number of anilines is 1. The van der Waals surface area contributed by atoms with Crippen molar-refractivity contribution in [3.8, 4) is 0 Å². The lowest BCUT2D eigenvalue weighted by molar-refractivity contribution is -0.117. The summed E-state index contributed by atoms with van der Waals surface area (Å²) in [5.41, 5.74) is 6.85. The molecule has 13 nitrogen and oxygen atoms in total. The minimum Gasteiger partial charge on any atom is -0.388 e. The maximum atomic E-state index is 10.8. The van der Waals surface area contributed by atoms with E-state index in [1.54, 1.807) is 13.2 Å². The number of hydrogen-bond donors (Lipinski definition) is 5. The van der Waals surface area contributed by atoms with E-state index in [-0.39, 0.29) is 5.84 Å². The summed E-state index contributed by atoms with van der Waals surface area (Å²) in [6.07, 6.45) is -1.56. The highest BCUT2D eigenvalue weighted by Gasteiger charge is 2.33. The van der Waals surface area contributed by atoms with Gasteiger partial charge in [-0.3, -0.25) is 4.52 Å². The number of aromatic nitrogens is 3. The number of ether oxygens (including phenoxy) is 1. The van der Waals surface area contributed by atoms with Crippen LogP contribution in [0.15, 0.2) is 17.6 Å². The molecule has 3 rings (SSSR count). The molecule has 3 atom stereocenters. The van der Waals surface area contributed by atoms with Crippen molar-refractivity contribution >= 4 is 30.5 Å². The van der Waals surface area contributed by atoms with Crippen molar-refractivity contribution in [2.24, 2.45) is 10.8 Å². The van der Waals surface area contributed by atoms with Crippen molar-refractivity contribution in [1.82, 2.24) is 14.5 Å². The average molecular weight is 402 g/mol. The fourth-order valence-electron chi connectivity index (χ4n) is 2.84. The molecule has 0 radical (unpaired) electrons. The van der Waals surface area contributed by atoms with E-state index in [1.807, 2.05) is 0 Å². The molecule has 6 N–H and O–H groups in total. The van der Waals surface area contributed by atoms with Gasteiger partial charge in [0.15, 0.2) is 17.9 Å². The van der Waals surface area contributed by atoms with Crippen LogP contribution < -0.4 is 10.7 Å². The van der Waals surface area contributed by atoms with Crippen molar-refractivity contribution < 1.29 is 33.8 Å². The molecule has 0 fully saturated rings. The first-order valence-electron chi connectivity index (χ1n) is 7.66. The molecule has 14 heteroatoms. The topological polar surface area (TPSA) is 189 Å². The lowest BCUT2D eigenvalue weighted by Crippen LogP contribution is -2.38. The number of aliphatic hydroxyl groups excluding tert-OH is 2. The third-order valence-electron chi connectivity index (χ3n) is 4.05. The summed E-state index contributed by atoms with van der Waals surface area (Å²) in [4.78, 5) is 25.8. The molecule has 1 aliphatic rings. The summed E-state index contributed by atoms with van der Waals surface area (Å²) in [6.45, 7) is -0.802. The van der Waals surface area contributed by atoms with Crippen LogP contribution in [0.3, 0.4) is 0 Å². The molecule has 148 valence electrons. The van der Waals surface area contributed by atoms with Crippen molar-refractivity contribution in [3.63, 3.8) is 0 Å². The maximum Gasteiger partial charge on any atom is 0.469 e. The standard InChI is InChI=1S/C13H19N6O7P/c1-18-11-8-6(10(14)17-18)3-19(12(8)16-5-15-11)13(25-2)9(21)7(20)4-26-27(22,23)24/h3,5,7,9,13,20-21H,4H2,1-2H3,(H2,14,17)(H2,22,23,24)/t7?,9-,13-/m1/s1. The molecule has 0 bridgehead atoms. The van der Waals surface area contributed by atoms with Crippen LogP contribution >= 0.6 is 7.82 Å². The first-order valence-corrected chi connectivity index (χ1v) is 9.19. The molecule has 0 aliphatic carbocycles. The van der Waals surface area contributed by atoms with Crippen LogP contribution in [0.4, 0.5) is 5.82 Å². The Bertz CT molecular complexity index is 927. The molecule has 1 aliphatic heterocycles. The molecular formula is C13H19N6O7P. The van der Waals surface area contributed by atoms with Gasteiger partial charge in [0.05, 0.1) is 12.0 Å². The van der Waals surface area contributed by atoms with Gasteiger partial charge in [0.2, 0.25) is 0 Å². The van der Waals surface area contributed by atoms with Crippen LogP contribution in [-0.4, -0.2) is 73.3 Å². The van der Waals surface area contributed by atoms with Crippen LogP contribution in [0.1, 0.15) is 11.8 Å². The SMILES string of the molecule is CO[C@H]([C@H](O)C(O)COP(=O)(O)O)n1cc2c3c(ncnc31)N(C)N=C2N. The van der Waals surface area contributed by atoms with Crippen molar-refractivity contribution in [2.45, 2.75) is 18.4 Å². The summed E-state index contributed by atoms with van der Waals surface area (Å²) in [5.74, 6) is 0.705. The third-order valence-corrected chi connectivity index (χ3v) is 4.53.